The zero-order valence-corrected chi connectivity index (χ0v) is 19.0. The molecule has 0 saturated heterocycles. The Labute approximate surface area is 201 Å². The molecule has 0 saturated carbocycles. The Balaban J connectivity index is 1.62. The molecule has 2 unspecified atom stereocenters. The summed E-state index contributed by atoms with van der Waals surface area (Å²) in [5, 5.41) is 4.95. The molecular formula is C27H19Cl2NO3. The summed E-state index contributed by atoms with van der Waals surface area (Å²) in [6, 6.07) is 24.1. The van der Waals surface area contributed by atoms with Crippen molar-refractivity contribution < 1.29 is 14.4 Å². The van der Waals surface area contributed by atoms with Gasteiger partial charge in [0.1, 0.15) is 11.6 Å². The predicted octanol–water partition coefficient (Wildman–Crippen LogP) is 5.65. The van der Waals surface area contributed by atoms with E-state index >= 15 is 0 Å². The number of Topliss-reactive ketones (excluding diaryl/α,β-unsaturated/α-hetero) is 1. The molecule has 0 aromatic heterocycles. The quantitative estimate of drug-likeness (QED) is 0.479. The van der Waals surface area contributed by atoms with Gasteiger partial charge in [-0.25, -0.2) is 0 Å². The normalized spacial score (nSPS) is 21.8. The van der Waals surface area contributed by atoms with Crippen LogP contribution in [0.3, 0.4) is 0 Å². The average Bonchev–Trinajstić information content (AvgIpc) is 3.19. The highest BCUT2D eigenvalue weighted by Crippen LogP contribution is 2.44. The van der Waals surface area contributed by atoms with Crippen molar-refractivity contribution in [1.29, 1.82) is 0 Å². The van der Waals surface area contributed by atoms with Crippen LogP contribution in [0.1, 0.15) is 16.7 Å². The topological polar surface area (TPSA) is 55.7 Å². The van der Waals surface area contributed by atoms with E-state index in [2.05, 4.69) is 5.16 Å². The second-order valence-corrected chi connectivity index (χ2v) is 9.03. The first kappa shape index (κ1) is 21.6. The number of rotatable bonds is 5. The third-order valence-electron chi connectivity index (χ3n) is 6.09. The maximum Gasteiger partial charge on any atom is 0.219 e. The number of hydrogen-bond donors (Lipinski definition) is 0. The lowest BCUT2D eigenvalue weighted by Crippen LogP contribution is -2.55. The largest absolute Gasteiger partial charge is 0.379 e. The molecule has 4 nitrogen and oxygen atoms in total. The lowest BCUT2D eigenvalue weighted by Gasteiger charge is -2.34. The van der Waals surface area contributed by atoms with Crippen LogP contribution < -0.4 is 0 Å². The third-order valence-corrected chi connectivity index (χ3v) is 6.72. The average molecular weight is 476 g/mol. The summed E-state index contributed by atoms with van der Waals surface area (Å²) >= 11 is 12.9. The van der Waals surface area contributed by atoms with Crippen LogP contribution in [0.2, 0.25) is 10.0 Å². The van der Waals surface area contributed by atoms with Gasteiger partial charge in [0.25, 0.3) is 0 Å². The zero-order valence-electron chi connectivity index (χ0n) is 17.5. The number of hydrogen-bond acceptors (Lipinski definition) is 4. The number of fused-ring (bicyclic) bond motifs is 1. The highest BCUT2D eigenvalue weighted by Gasteiger charge is 2.60. The zero-order chi connectivity index (χ0) is 23.0. The molecule has 2 atom stereocenters. The molecule has 0 fully saturated rings. The van der Waals surface area contributed by atoms with Crippen molar-refractivity contribution in [3.8, 4) is 0 Å². The number of ketones is 2. The van der Waals surface area contributed by atoms with E-state index in [1.165, 1.54) is 6.08 Å². The number of carbonyl (C=O) groups excluding carboxylic acids is 2. The molecule has 5 rings (SSSR count). The molecular weight excluding hydrogens is 457 g/mol. The van der Waals surface area contributed by atoms with Gasteiger partial charge in [-0.05, 0) is 29.3 Å². The van der Waals surface area contributed by atoms with Crippen molar-refractivity contribution in [3.63, 3.8) is 0 Å². The van der Waals surface area contributed by atoms with Gasteiger partial charge in [0.2, 0.25) is 11.4 Å². The Morgan fingerprint density at radius 1 is 0.818 bits per heavy atom. The Morgan fingerprint density at radius 2 is 1.42 bits per heavy atom. The van der Waals surface area contributed by atoms with E-state index in [1.807, 2.05) is 60.7 Å². The second kappa shape index (κ2) is 8.62. The Morgan fingerprint density at radius 3 is 2.06 bits per heavy atom. The summed E-state index contributed by atoms with van der Waals surface area (Å²) in [7, 11) is 0. The van der Waals surface area contributed by atoms with Crippen molar-refractivity contribution in [2.45, 2.75) is 18.4 Å². The Kier molecular flexibility index (Phi) is 5.65. The SMILES string of the molecule is O=C1C=C(Cc2ccccc2)C(=O)C2(Cc3ccccc3)ON=C(c3c(Cl)cccc3Cl)C12. The molecule has 0 amide bonds. The fourth-order valence-electron chi connectivity index (χ4n) is 4.58. The summed E-state index contributed by atoms with van der Waals surface area (Å²) in [4.78, 5) is 33.4. The van der Waals surface area contributed by atoms with Gasteiger partial charge in [-0.3, -0.25) is 9.59 Å². The van der Waals surface area contributed by atoms with Crippen molar-refractivity contribution in [2.75, 3.05) is 0 Å². The first-order chi connectivity index (χ1) is 16.0. The lowest BCUT2D eigenvalue weighted by molar-refractivity contribution is -0.148. The van der Waals surface area contributed by atoms with Crippen molar-refractivity contribution in [3.05, 3.63) is 117 Å². The summed E-state index contributed by atoms with van der Waals surface area (Å²) < 4.78 is 0. The van der Waals surface area contributed by atoms with E-state index in [0.29, 0.717) is 27.6 Å². The van der Waals surface area contributed by atoms with Gasteiger partial charge in [0, 0.05) is 24.0 Å². The van der Waals surface area contributed by atoms with Gasteiger partial charge in [-0.15, -0.1) is 0 Å². The molecule has 1 heterocycles. The van der Waals surface area contributed by atoms with Gasteiger partial charge >= 0.3 is 0 Å². The lowest BCUT2D eigenvalue weighted by atomic mass is 9.67. The fourth-order valence-corrected chi connectivity index (χ4v) is 5.17. The van der Waals surface area contributed by atoms with E-state index in [1.54, 1.807) is 18.2 Å². The molecule has 0 bridgehead atoms. The number of carbonyl (C=O) groups is 2. The van der Waals surface area contributed by atoms with Crippen LogP contribution >= 0.6 is 23.2 Å². The van der Waals surface area contributed by atoms with Crippen LogP contribution in [0.15, 0.2) is 95.7 Å². The molecule has 2 aliphatic rings. The van der Waals surface area contributed by atoms with E-state index < -0.39 is 11.5 Å². The monoisotopic (exact) mass is 475 g/mol. The third kappa shape index (κ3) is 3.79. The minimum absolute atomic E-state index is 0.199. The predicted molar refractivity (Wildman–Crippen MR) is 129 cm³/mol. The maximum absolute atomic E-state index is 13.9. The van der Waals surface area contributed by atoms with Crippen LogP contribution in [0.5, 0.6) is 0 Å². The van der Waals surface area contributed by atoms with Crippen LogP contribution in [0.25, 0.3) is 0 Å². The number of oxime groups is 1. The van der Waals surface area contributed by atoms with Crippen molar-refractivity contribution in [2.24, 2.45) is 11.1 Å². The molecule has 33 heavy (non-hydrogen) atoms. The van der Waals surface area contributed by atoms with Gasteiger partial charge < -0.3 is 4.84 Å². The molecule has 1 aliphatic heterocycles. The van der Waals surface area contributed by atoms with E-state index in [9.17, 15) is 9.59 Å². The van der Waals surface area contributed by atoms with Gasteiger partial charge in [-0.2, -0.15) is 0 Å². The summed E-state index contributed by atoms with van der Waals surface area (Å²) in [6.07, 6.45) is 1.96. The highest BCUT2D eigenvalue weighted by atomic mass is 35.5. The minimum atomic E-state index is -1.49. The maximum atomic E-state index is 13.9. The smallest absolute Gasteiger partial charge is 0.219 e. The molecule has 164 valence electrons. The first-order valence-electron chi connectivity index (χ1n) is 10.6. The summed E-state index contributed by atoms with van der Waals surface area (Å²) in [5.74, 6) is -1.44. The molecule has 1 aliphatic carbocycles. The number of allylic oxidation sites excluding steroid dienone is 1. The number of benzene rings is 3. The summed E-state index contributed by atoms with van der Waals surface area (Å²) in [6.45, 7) is 0. The summed E-state index contributed by atoms with van der Waals surface area (Å²) in [5.41, 5.74) is 1.42. The van der Waals surface area contributed by atoms with Gasteiger partial charge in [0.05, 0.1) is 10.0 Å². The molecule has 3 aromatic rings. The van der Waals surface area contributed by atoms with E-state index in [-0.39, 0.29) is 23.7 Å². The van der Waals surface area contributed by atoms with Crippen LogP contribution in [0, 0.1) is 5.92 Å². The first-order valence-corrected chi connectivity index (χ1v) is 11.3. The van der Waals surface area contributed by atoms with E-state index in [4.69, 9.17) is 28.0 Å². The highest BCUT2D eigenvalue weighted by molar-refractivity contribution is 6.42. The standard InChI is InChI=1S/C27H19Cl2NO3/c28-20-12-7-13-21(29)23(20)25-24-22(31)15-19(14-17-8-3-1-4-9-17)26(32)27(24,33-30-25)16-18-10-5-2-6-11-18/h1-13,15,24H,14,16H2. The molecule has 0 spiro atoms. The van der Waals surface area contributed by atoms with Crippen LogP contribution in [0.4, 0.5) is 0 Å². The number of nitrogens with zero attached hydrogens (tertiary/aromatic N) is 1. The van der Waals surface area contributed by atoms with Crippen molar-refractivity contribution in [1.82, 2.24) is 0 Å². The molecule has 6 heteroatoms. The van der Waals surface area contributed by atoms with Crippen molar-refractivity contribution >= 4 is 40.5 Å². The van der Waals surface area contributed by atoms with Crippen LogP contribution in [-0.4, -0.2) is 22.9 Å². The molecule has 0 N–H and O–H groups in total. The van der Waals surface area contributed by atoms with Gasteiger partial charge in [0.15, 0.2) is 5.78 Å². The molecule has 3 aromatic carbocycles. The Bertz CT molecular complexity index is 1280. The second-order valence-electron chi connectivity index (χ2n) is 8.21. The molecule has 0 radical (unpaired) electrons. The fraction of sp³-hybridized carbons (Fsp3) is 0.148. The minimum Gasteiger partial charge on any atom is -0.379 e. The Hall–Kier alpha value is -3.21. The van der Waals surface area contributed by atoms with Gasteiger partial charge in [-0.1, -0.05) is 95.1 Å². The number of halogens is 2. The van der Waals surface area contributed by atoms with Crippen LogP contribution in [-0.2, 0) is 27.3 Å². The van der Waals surface area contributed by atoms with E-state index in [0.717, 1.165) is 11.1 Å².